The number of carbonyl (C=O) groups is 1. The smallest absolute Gasteiger partial charge is 0.356 e. The molecule has 100 valence electrons. The van der Waals surface area contributed by atoms with Gasteiger partial charge in [-0.1, -0.05) is 38.1 Å². The minimum atomic E-state index is -0.375. The van der Waals surface area contributed by atoms with Crippen molar-refractivity contribution in [3.63, 3.8) is 0 Å². The largest absolute Gasteiger partial charge is 0.461 e. The minimum absolute atomic E-state index is 0.357. The second-order valence-corrected chi connectivity index (χ2v) is 4.66. The number of hydrogen-bond acceptors (Lipinski definition) is 3. The highest BCUT2D eigenvalue weighted by molar-refractivity contribution is 5.88. The third-order valence-electron chi connectivity index (χ3n) is 2.95. The Bertz CT molecular complexity index is 556. The van der Waals surface area contributed by atoms with E-state index in [0.717, 1.165) is 11.3 Å². The molecule has 1 N–H and O–H groups in total. The molecule has 0 bridgehead atoms. The highest BCUT2D eigenvalue weighted by Crippen LogP contribution is 2.21. The lowest BCUT2D eigenvalue weighted by atomic mass is 10.0. The molecular formula is C15H18N2O2. The van der Waals surface area contributed by atoms with Gasteiger partial charge < -0.3 is 4.74 Å². The lowest BCUT2D eigenvalue weighted by molar-refractivity contribution is 0.0519. The molecule has 0 aliphatic heterocycles. The van der Waals surface area contributed by atoms with Gasteiger partial charge in [0.25, 0.3) is 0 Å². The van der Waals surface area contributed by atoms with Gasteiger partial charge in [0.05, 0.1) is 12.3 Å². The fraction of sp³-hybridized carbons (Fsp3) is 0.333. The van der Waals surface area contributed by atoms with E-state index in [0.29, 0.717) is 18.2 Å². The van der Waals surface area contributed by atoms with Crippen LogP contribution in [0.2, 0.25) is 0 Å². The van der Waals surface area contributed by atoms with E-state index >= 15 is 0 Å². The molecular weight excluding hydrogens is 240 g/mol. The molecule has 0 saturated heterocycles. The predicted molar refractivity (Wildman–Crippen MR) is 74.1 cm³/mol. The van der Waals surface area contributed by atoms with E-state index in [9.17, 15) is 4.79 Å². The van der Waals surface area contributed by atoms with Crippen LogP contribution in [0.4, 0.5) is 0 Å². The summed E-state index contributed by atoms with van der Waals surface area (Å²) in [6.45, 7) is 6.45. The van der Waals surface area contributed by atoms with Gasteiger partial charge in [-0.25, -0.2) is 4.79 Å². The number of esters is 1. The number of benzene rings is 1. The molecule has 4 heteroatoms. The number of nitrogens with zero attached hydrogens (tertiary/aromatic N) is 1. The number of carbonyl (C=O) groups excluding carboxylic acids is 1. The van der Waals surface area contributed by atoms with E-state index in [-0.39, 0.29) is 5.97 Å². The summed E-state index contributed by atoms with van der Waals surface area (Å²) in [5.41, 5.74) is 3.39. The molecule has 0 saturated carbocycles. The Hall–Kier alpha value is -2.10. The topological polar surface area (TPSA) is 55.0 Å². The zero-order valence-corrected chi connectivity index (χ0v) is 11.4. The number of rotatable bonds is 4. The first-order chi connectivity index (χ1) is 9.11. The zero-order valence-electron chi connectivity index (χ0n) is 11.4. The van der Waals surface area contributed by atoms with Crippen LogP contribution in [0.1, 0.15) is 42.7 Å². The van der Waals surface area contributed by atoms with Gasteiger partial charge in [0.15, 0.2) is 0 Å². The van der Waals surface area contributed by atoms with Gasteiger partial charge in [0.2, 0.25) is 0 Å². The minimum Gasteiger partial charge on any atom is -0.461 e. The highest BCUT2D eigenvalue weighted by Gasteiger charge is 2.11. The predicted octanol–water partition coefficient (Wildman–Crippen LogP) is 3.38. The lowest BCUT2D eigenvalue weighted by Gasteiger charge is -2.05. The van der Waals surface area contributed by atoms with Crippen molar-refractivity contribution < 1.29 is 9.53 Å². The maximum atomic E-state index is 11.5. The molecule has 0 atom stereocenters. The number of aromatic nitrogens is 2. The Labute approximate surface area is 112 Å². The quantitative estimate of drug-likeness (QED) is 0.855. The van der Waals surface area contributed by atoms with Crippen LogP contribution in [0.25, 0.3) is 11.3 Å². The Balaban J connectivity index is 2.20. The molecule has 19 heavy (non-hydrogen) atoms. The molecule has 0 aliphatic carbocycles. The molecule has 0 unspecified atom stereocenters. The van der Waals surface area contributed by atoms with E-state index in [2.05, 4.69) is 36.2 Å². The zero-order chi connectivity index (χ0) is 13.8. The summed E-state index contributed by atoms with van der Waals surface area (Å²) in [5, 5.41) is 6.84. The Kier molecular flexibility index (Phi) is 4.00. The van der Waals surface area contributed by atoms with Crippen LogP contribution in [0, 0.1) is 0 Å². The summed E-state index contributed by atoms with van der Waals surface area (Å²) < 4.78 is 4.92. The van der Waals surface area contributed by atoms with Gasteiger partial charge in [-0.3, -0.25) is 5.10 Å². The van der Waals surface area contributed by atoms with Crippen LogP contribution in [-0.4, -0.2) is 22.8 Å². The molecule has 4 nitrogen and oxygen atoms in total. The molecule has 0 radical (unpaired) electrons. The number of hydrogen-bond donors (Lipinski definition) is 1. The number of aromatic amines is 1. The summed E-state index contributed by atoms with van der Waals surface area (Å²) in [5.74, 6) is 0.128. The second-order valence-electron chi connectivity index (χ2n) is 4.66. The van der Waals surface area contributed by atoms with Crippen LogP contribution >= 0.6 is 0 Å². The molecule has 0 amide bonds. The third kappa shape index (κ3) is 3.02. The van der Waals surface area contributed by atoms with Crippen molar-refractivity contribution in [2.24, 2.45) is 0 Å². The van der Waals surface area contributed by atoms with Crippen molar-refractivity contribution in [1.29, 1.82) is 0 Å². The van der Waals surface area contributed by atoms with Crippen molar-refractivity contribution in [2.75, 3.05) is 6.61 Å². The van der Waals surface area contributed by atoms with Gasteiger partial charge in [0, 0.05) is 5.56 Å². The van der Waals surface area contributed by atoms with Crippen LogP contribution in [0.5, 0.6) is 0 Å². The molecule has 2 aromatic rings. The molecule has 1 heterocycles. The van der Waals surface area contributed by atoms with Crippen LogP contribution in [-0.2, 0) is 4.74 Å². The summed E-state index contributed by atoms with van der Waals surface area (Å²) in [6, 6.07) is 9.90. The maximum absolute atomic E-state index is 11.5. The SMILES string of the molecule is CCOC(=O)c1cc(-c2ccc(C(C)C)cc2)n[nH]1. The number of H-pyrrole nitrogens is 1. The van der Waals surface area contributed by atoms with Crippen molar-refractivity contribution in [3.8, 4) is 11.3 Å². The first-order valence-electron chi connectivity index (χ1n) is 6.44. The Morgan fingerprint density at radius 3 is 2.58 bits per heavy atom. The fourth-order valence-electron chi connectivity index (χ4n) is 1.82. The molecule has 0 fully saturated rings. The molecule has 0 spiro atoms. The molecule has 1 aromatic heterocycles. The average molecular weight is 258 g/mol. The first-order valence-corrected chi connectivity index (χ1v) is 6.44. The highest BCUT2D eigenvalue weighted by atomic mass is 16.5. The van der Waals surface area contributed by atoms with Crippen LogP contribution in [0.3, 0.4) is 0 Å². The summed E-state index contributed by atoms with van der Waals surface area (Å²) in [7, 11) is 0. The van der Waals surface area contributed by atoms with Crippen molar-refractivity contribution in [1.82, 2.24) is 10.2 Å². The fourth-order valence-corrected chi connectivity index (χ4v) is 1.82. The summed E-state index contributed by atoms with van der Waals surface area (Å²) in [6.07, 6.45) is 0. The molecule has 1 aromatic carbocycles. The van der Waals surface area contributed by atoms with E-state index in [1.54, 1.807) is 13.0 Å². The Morgan fingerprint density at radius 1 is 1.32 bits per heavy atom. The van der Waals surface area contributed by atoms with Crippen LogP contribution < -0.4 is 0 Å². The maximum Gasteiger partial charge on any atom is 0.356 e. The van der Waals surface area contributed by atoms with E-state index in [1.807, 2.05) is 12.1 Å². The molecule has 0 aliphatic rings. The average Bonchev–Trinajstić information content (AvgIpc) is 2.89. The summed E-state index contributed by atoms with van der Waals surface area (Å²) in [4.78, 5) is 11.5. The number of nitrogens with one attached hydrogen (secondary N) is 1. The van der Waals surface area contributed by atoms with Gasteiger partial charge >= 0.3 is 5.97 Å². The van der Waals surface area contributed by atoms with Gasteiger partial charge in [-0.05, 0) is 24.5 Å². The van der Waals surface area contributed by atoms with Crippen molar-refractivity contribution in [2.45, 2.75) is 26.7 Å². The van der Waals surface area contributed by atoms with Gasteiger partial charge in [-0.2, -0.15) is 5.10 Å². The number of ether oxygens (including phenoxy) is 1. The van der Waals surface area contributed by atoms with Gasteiger partial charge in [-0.15, -0.1) is 0 Å². The van der Waals surface area contributed by atoms with E-state index < -0.39 is 0 Å². The van der Waals surface area contributed by atoms with Crippen molar-refractivity contribution in [3.05, 3.63) is 41.6 Å². The normalized spacial score (nSPS) is 10.7. The Morgan fingerprint density at radius 2 is 2.00 bits per heavy atom. The third-order valence-corrected chi connectivity index (χ3v) is 2.95. The standard InChI is InChI=1S/C15H18N2O2/c1-4-19-15(18)14-9-13(16-17-14)12-7-5-11(6-8-12)10(2)3/h5-10H,4H2,1-3H3,(H,16,17). The van der Waals surface area contributed by atoms with E-state index in [4.69, 9.17) is 4.74 Å². The second kappa shape index (κ2) is 5.69. The first kappa shape index (κ1) is 13.3. The van der Waals surface area contributed by atoms with Crippen molar-refractivity contribution >= 4 is 5.97 Å². The van der Waals surface area contributed by atoms with Crippen LogP contribution in [0.15, 0.2) is 30.3 Å². The molecule has 2 rings (SSSR count). The van der Waals surface area contributed by atoms with E-state index in [1.165, 1.54) is 5.56 Å². The lowest BCUT2D eigenvalue weighted by Crippen LogP contribution is -2.04. The summed E-state index contributed by atoms with van der Waals surface area (Å²) >= 11 is 0. The van der Waals surface area contributed by atoms with Gasteiger partial charge in [0.1, 0.15) is 5.69 Å². The monoisotopic (exact) mass is 258 g/mol.